The molecular formula is C12H21NO2. The van der Waals surface area contributed by atoms with Crippen molar-refractivity contribution in [3.05, 3.63) is 0 Å². The summed E-state index contributed by atoms with van der Waals surface area (Å²) in [5.41, 5.74) is 0. The number of rotatable bonds is 2. The van der Waals surface area contributed by atoms with Crippen molar-refractivity contribution >= 4 is 5.78 Å². The topological polar surface area (TPSA) is 29.5 Å². The molecule has 0 aromatic heterocycles. The highest BCUT2D eigenvalue weighted by atomic mass is 16.5. The van der Waals surface area contributed by atoms with Crippen LogP contribution in [-0.4, -0.2) is 43.0 Å². The molecule has 1 atom stereocenters. The molecule has 0 N–H and O–H groups in total. The maximum absolute atomic E-state index is 11.4. The van der Waals surface area contributed by atoms with E-state index >= 15 is 0 Å². The molecule has 2 rings (SSSR count). The van der Waals surface area contributed by atoms with Crippen LogP contribution in [0.15, 0.2) is 0 Å². The molecule has 0 spiro atoms. The van der Waals surface area contributed by atoms with Crippen LogP contribution in [0.3, 0.4) is 0 Å². The number of Topliss-reactive ketones (excluding diaryl/α,β-unsaturated/α-hetero) is 1. The van der Waals surface area contributed by atoms with Crippen LogP contribution < -0.4 is 0 Å². The number of carbonyl (C=O) groups excluding carboxylic acids is 1. The Kier molecular flexibility index (Phi) is 3.76. The van der Waals surface area contributed by atoms with Gasteiger partial charge < -0.3 is 4.74 Å². The van der Waals surface area contributed by atoms with Crippen LogP contribution in [0.2, 0.25) is 0 Å². The maximum atomic E-state index is 11.4. The highest BCUT2D eigenvalue weighted by Crippen LogP contribution is 2.24. The molecule has 3 heteroatoms. The smallest absolute Gasteiger partial charge is 0.134 e. The van der Waals surface area contributed by atoms with Crippen LogP contribution in [0.5, 0.6) is 0 Å². The van der Waals surface area contributed by atoms with Gasteiger partial charge in [-0.15, -0.1) is 0 Å². The van der Waals surface area contributed by atoms with Crippen LogP contribution in [0.1, 0.15) is 38.5 Å². The highest BCUT2D eigenvalue weighted by Gasteiger charge is 2.28. The van der Waals surface area contributed by atoms with Gasteiger partial charge in [-0.2, -0.15) is 0 Å². The minimum Gasteiger partial charge on any atom is -0.381 e. The Hall–Kier alpha value is -0.410. The van der Waals surface area contributed by atoms with E-state index in [1.807, 2.05) is 0 Å². The second-order valence-electron chi connectivity index (χ2n) is 4.80. The van der Waals surface area contributed by atoms with Crippen molar-refractivity contribution in [2.45, 2.75) is 50.6 Å². The number of carbonyl (C=O) groups is 1. The first kappa shape index (κ1) is 11.1. The van der Waals surface area contributed by atoms with Gasteiger partial charge in [-0.05, 0) is 32.7 Å². The first-order valence-electron chi connectivity index (χ1n) is 6.09. The molecule has 1 heterocycles. The molecule has 0 amide bonds. The summed E-state index contributed by atoms with van der Waals surface area (Å²) >= 11 is 0. The van der Waals surface area contributed by atoms with Crippen molar-refractivity contribution in [2.75, 3.05) is 20.3 Å². The van der Waals surface area contributed by atoms with E-state index in [1.54, 1.807) is 0 Å². The summed E-state index contributed by atoms with van der Waals surface area (Å²) in [4.78, 5) is 13.8. The third kappa shape index (κ3) is 2.79. The molecule has 86 valence electrons. The summed E-state index contributed by atoms with van der Waals surface area (Å²) < 4.78 is 5.36. The molecule has 1 aliphatic heterocycles. The van der Waals surface area contributed by atoms with Crippen molar-refractivity contribution in [1.29, 1.82) is 0 Å². The molecule has 1 aliphatic carbocycles. The quantitative estimate of drug-likeness (QED) is 0.695. The summed E-state index contributed by atoms with van der Waals surface area (Å²) in [6.07, 6.45) is 6.10. The Morgan fingerprint density at radius 3 is 2.60 bits per heavy atom. The lowest BCUT2D eigenvalue weighted by atomic mass is 9.91. The number of ether oxygens (including phenoxy) is 1. The molecular weight excluding hydrogens is 190 g/mol. The second-order valence-corrected chi connectivity index (χ2v) is 4.80. The molecule has 2 fully saturated rings. The van der Waals surface area contributed by atoms with E-state index < -0.39 is 0 Å². The van der Waals surface area contributed by atoms with E-state index in [0.717, 1.165) is 45.3 Å². The van der Waals surface area contributed by atoms with Crippen molar-refractivity contribution in [1.82, 2.24) is 4.90 Å². The standard InChI is InChI=1S/C12H21NO2/c1-13(10-5-7-15-8-6-10)11-3-2-4-12(14)9-11/h10-11H,2-9H2,1H3. The molecule has 1 saturated carbocycles. The monoisotopic (exact) mass is 211 g/mol. The molecule has 1 saturated heterocycles. The molecule has 0 bridgehead atoms. The van der Waals surface area contributed by atoms with Gasteiger partial charge in [0.15, 0.2) is 0 Å². The average molecular weight is 211 g/mol. The summed E-state index contributed by atoms with van der Waals surface area (Å²) in [6, 6.07) is 1.13. The van der Waals surface area contributed by atoms with Gasteiger partial charge in [0.1, 0.15) is 5.78 Å². The van der Waals surface area contributed by atoms with Gasteiger partial charge in [0.25, 0.3) is 0 Å². The van der Waals surface area contributed by atoms with E-state index in [-0.39, 0.29) is 0 Å². The van der Waals surface area contributed by atoms with E-state index in [4.69, 9.17) is 4.74 Å². The summed E-state index contributed by atoms with van der Waals surface area (Å²) in [6.45, 7) is 1.77. The summed E-state index contributed by atoms with van der Waals surface area (Å²) in [5.74, 6) is 0.449. The van der Waals surface area contributed by atoms with E-state index in [9.17, 15) is 4.79 Å². The van der Waals surface area contributed by atoms with Gasteiger partial charge in [-0.3, -0.25) is 9.69 Å². The van der Waals surface area contributed by atoms with E-state index in [0.29, 0.717) is 17.9 Å². The van der Waals surface area contributed by atoms with Crippen LogP contribution in [-0.2, 0) is 9.53 Å². The van der Waals surface area contributed by atoms with Crippen molar-refractivity contribution < 1.29 is 9.53 Å². The van der Waals surface area contributed by atoms with E-state index in [1.165, 1.54) is 6.42 Å². The van der Waals surface area contributed by atoms with Crippen LogP contribution >= 0.6 is 0 Å². The molecule has 3 nitrogen and oxygen atoms in total. The minimum atomic E-state index is 0.449. The first-order chi connectivity index (χ1) is 7.27. The normalized spacial score (nSPS) is 29.7. The zero-order valence-corrected chi connectivity index (χ0v) is 9.58. The SMILES string of the molecule is CN(C1CCOCC1)C1CCCC(=O)C1. The van der Waals surface area contributed by atoms with Gasteiger partial charge >= 0.3 is 0 Å². The van der Waals surface area contributed by atoms with Crippen LogP contribution in [0.25, 0.3) is 0 Å². The third-order valence-electron chi connectivity index (χ3n) is 3.80. The lowest BCUT2D eigenvalue weighted by Crippen LogP contribution is -2.45. The molecule has 15 heavy (non-hydrogen) atoms. The molecule has 1 unspecified atom stereocenters. The fraction of sp³-hybridized carbons (Fsp3) is 0.917. The Bertz CT molecular complexity index is 224. The van der Waals surface area contributed by atoms with Gasteiger partial charge in [-0.1, -0.05) is 0 Å². The van der Waals surface area contributed by atoms with Gasteiger partial charge in [-0.25, -0.2) is 0 Å². The predicted molar refractivity (Wildman–Crippen MR) is 58.9 cm³/mol. The Morgan fingerprint density at radius 2 is 1.93 bits per heavy atom. The number of nitrogens with zero attached hydrogens (tertiary/aromatic N) is 1. The highest BCUT2D eigenvalue weighted by molar-refractivity contribution is 5.79. The molecule has 0 radical (unpaired) electrons. The Morgan fingerprint density at radius 1 is 1.20 bits per heavy atom. The predicted octanol–water partition coefficient (Wildman–Crippen LogP) is 1.61. The third-order valence-corrected chi connectivity index (χ3v) is 3.80. The fourth-order valence-corrected chi connectivity index (χ4v) is 2.74. The van der Waals surface area contributed by atoms with Crippen LogP contribution in [0, 0.1) is 0 Å². The zero-order chi connectivity index (χ0) is 10.7. The van der Waals surface area contributed by atoms with Crippen molar-refractivity contribution in [3.8, 4) is 0 Å². The van der Waals surface area contributed by atoms with Gasteiger partial charge in [0, 0.05) is 38.1 Å². The summed E-state index contributed by atoms with van der Waals surface area (Å²) in [7, 11) is 2.18. The maximum Gasteiger partial charge on any atom is 0.134 e. The zero-order valence-electron chi connectivity index (χ0n) is 9.58. The van der Waals surface area contributed by atoms with Crippen molar-refractivity contribution in [3.63, 3.8) is 0 Å². The minimum absolute atomic E-state index is 0.449. The van der Waals surface area contributed by atoms with Crippen LogP contribution in [0.4, 0.5) is 0 Å². The number of hydrogen-bond donors (Lipinski definition) is 0. The first-order valence-corrected chi connectivity index (χ1v) is 6.09. The lowest BCUT2D eigenvalue weighted by molar-refractivity contribution is -0.122. The Labute approximate surface area is 91.8 Å². The number of ketones is 1. The van der Waals surface area contributed by atoms with Gasteiger partial charge in [0.2, 0.25) is 0 Å². The fourth-order valence-electron chi connectivity index (χ4n) is 2.74. The average Bonchev–Trinajstić information content (AvgIpc) is 2.29. The molecule has 0 aromatic rings. The second kappa shape index (κ2) is 5.08. The Balaban J connectivity index is 1.87. The number of hydrogen-bond acceptors (Lipinski definition) is 3. The molecule has 0 aromatic carbocycles. The summed E-state index contributed by atoms with van der Waals surface area (Å²) in [5, 5.41) is 0. The lowest BCUT2D eigenvalue weighted by Gasteiger charge is -2.38. The van der Waals surface area contributed by atoms with E-state index in [2.05, 4.69) is 11.9 Å². The largest absolute Gasteiger partial charge is 0.381 e. The van der Waals surface area contributed by atoms with Crippen molar-refractivity contribution in [2.24, 2.45) is 0 Å². The molecule has 2 aliphatic rings. The van der Waals surface area contributed by atoms with Gasteiger partial charge in [0.05, 0.1) is 0 Å².